The van der Waals surface area contributed by atoms with Crippen LogP contribution in [0, 0.1) is 5.92 Å². The zero-order chi connectivity index (χ0) is 25.5. The topological polar surface area (TPSA) is 82.9 Å². The Kier molecular flexibility index (Phi) is 9.48. The maximum atomic E-state index is 11.6. The fraction of sp³-hybridized carbons (Fsp3) is 0.429. The Morgan fingerprint density at radius 3 is 2.92 bits per heavy atom. The van der Waals surface area contributed by atoms with Gasteiger partial charge in [0.1, 0.15) is 5.75 Å². The molecule has 2 N–H and O–H groups in total. The number of thioether (sulfide) groups is 1. The summed E-state index contributed by atoms with van der Waals surface area (Å²) in [5, 5.41) is 22.3. The van der Waals surface area contributed by atoms with Gasteiger partial charge in [-0.3, -0.25) is 14.7 Å². The second kappa shape index (κ2) is 12.8. The molecule has 3 aromatic rings. The lowest BCUT2D eigenvalue weighted by molar-refractivity contribution is -0.139. The molecular formula is C28H33ClN2O4S. The number of aliphatic hydroxyl groups is 1. The lowest BCUT2D eigenvalue weighted by atomic mass is 9.83. The summed E-state index contributed by atoms with van der Waals surface area (Å²) in [7, 11) is 1.62. The molecule has 36 heavy (non-hydrogen) atoms. The lowest BCUT2D eigenvalue weighted by Gasteiger charge is -2.41. The molecule has 3 unspecified atom stereocenters. The lowest BCUT2D eigenvalue weighted by Crippen LogP contribution is -2.47. The Morgan fingerprint density at radius 2 is 2.14 bits per heavy atom. The average molecular weight is 529 g/mol. The Hall–Kier alpha value is -2.32. The van der Waals surface area contributed by atoms with E-state index in [1.54, 1.807) is 25.1 Å². The summed E-state index contributed by atoms with van der Waals surface area (Å²) in [4.78, 5) is 19.6. The predicted molar refractivity (Wildman–Crippen MR) is 145 cm³/mol. The molecule has 1 aliphatic rings. The molecule has 6 nitrogen and oxygen atoms in total. The van der Waals surface area contributed by atoms with Crippen LogP contribution in [0.2, 0.25) is 5.02 Å². The van der Waals surface area contributed by atoms with Crippen LogP contribution in [0.3, 0.4) is 0 Å². The number of carboxylic acids is 1. The molecule has 1 aromatic heterocycles. The van der Waals surface area contributed by atoms with Crippen molar-refractivity contribution in [1.29, 1.82) is 0 Å². The molecule has 1 saturated heterocycles. The Labute approximate surface area is 221 Å². The molecule has 1 aliphatic heterocycles. The molecule has 1 fully saturated rings. The number of carbonyl (C=O) groups is 1. The van der Waals surface area contributed by atoms with E-state index in [1.807, 2.05) is 42.5 Å². The highest BCUT2D eigenvalue weighted by Gasteiger charge is 2.33. The summed E-state index contributed by atoms with van der Waals surface area (Å²) in [5.74, 6) is 0.941. The van der Waals surface area contributed by atoms with Gasteiger partial charge in [-0.1, -0.05) is 17.7 Å². The van der Waals surface area contributed by atoms with Crippen molar-refractivity contribution in [1.82, 2.24) is 9.88 Å². The molecule has 0 bridgehead atoms. The molecule has 8 heteroatoms. The van der Waals surface area contributed by atoms with E-state index in [4.69, 9.17) is 16.3 Å². The third kappa shape index (κ3) is 6.91. The number of aromatic nitrogens is 1. The second-order valence-corrected chi connectivity index (χ2v) is 10.9. The number of likely N-dealkylation sites (tertiary alicyclic amines) is 1. The first-order chi connectivity index (χ1) is 17.4. The van der Waals surface area contributed by atoms with Crippen LogP contribution in [-0.2, 0) is 4.79 Å². The van der Waals surface area contributed by atoms with E-state index in [0.717, 1.165) is 70.2 Å². The second-order valence-electron chi connectivity index (χ2n) is 9.29. The molecule has 3 atom stereocenters. The zero-order valence-electron chi connectivity index (χ0n) is 20.5. The number of methoxy groups -OCH3 is 1. The third-order valence-corrected chi connectivity index (χ3v) is 8.20. The van der Waals surface area contributed by atoms with Crippen LogP contribution in [0.25, 0.3) is 10.9 Å². The molecule has 0 saturated carbocycles. The van der Waals surface area contributed by atoms with E-state index in [0.29, 0.717) is 6.42 Å². The van der Waals surface area contributed by atoms with Crippen molar-refractivity contribution in [2.45, 2.75) is 49.1 Å². The van der Waals surface area contributed by atoms with Gasteiger partial charge in [0, 0.05) is 46.3 Å². The normalized spacial score (nSPS) is 19.3. The van der Waals surface area contributed by atoms with Gasteiger partial charge in [-0.05, 0) is 86.2 Å². The summed E-state index contributed by atoms with van der Waals surface area (Å²) >= 11 is 7.88. The highest BCUT2D eigenvalue weighted by Crippen LogP contribution is 2.34. The van der Waals surface area contributed by atoms with Crippen LogP contribution in [0.4, 0.5) is 0 Å². The highest BCUT2D eigenvalue weighted by atomic mass is 35.5. The van der Waals surface area contributed by atoms with Crippen molar-refractivity contribution in [3.05, 3.63) is 65.3 Å². The Bertz CT molecular complexity index is 1180. The first-order valence-corrected chi connectivity index (χ1v) is 13.8. The van der Waals surface area contributed by atoms with Gasteiger partial charge >= 0.3 is 5.97 Å². The van der Waals surface area contributed by atoms with Crippen LogP contribution in [0.15, 0.2) is 59.6 Å². The number of halogens is 1. The standard InChI is InChI=1S/C28H33ClN2O4S/c1-35-21-7-8-25-24(18-21)23(11-12-30-25)27(32)10-9-26-19(16-28(33)34)4-3-13-31(26)14-15-36-22-6-2-5-20(29)17-22/h2,5-8,11-12,17-19,26-27,32H,3-4,9-10,13-16H2,1H3,(H,33,34). The van der Waals surface area contributed by atoms with Crippen LogP contribution in [-0.4, -0.2) is 58.1 Å². The number of rotatable bonds is 11. The fourth-order valence-electron chi connectivity index (χ4n) is 5.26. The average Bonchev–Trinajstić information content (AvgIpc) is 2.87. The number of aliphatic hydroxyl groups excluding tert-OH is 1. The molecule has 4 rings (SSSR count). The van der Waals surface area contributed by atoms with Gasteiger partial charge in [-0.2, -0.15) is 0 Å². The summed E-state index contributed by atoms with van der Waals surface area (Å²) < 4.78 is 5.37. The minimum absolute atomic E-state index is 0.0777. The van der Waals surface area contributed by atoms with E-state index in [-0.39, 0.29) is 18.4 Å². The van der Waals surface area contributed by atoms with Crippen molar-refractivity contribution >= 4 is 40.2 Å². The Balaban J connectivity index is 1.45. The largest absolute Gasteiger partial charge is 0.497 e. The number of piperidine rings is 1. The van der Waals surface area contributed by atoms with E-state index in [1.165, 1.54) is 0 Å². The van der Waals surface area contributed by atoms with Crippen LogP contribution in [0.5, 0.6) is 5.75 Å². The Morgan fingerprint density at radius 1 is 1.28 bits per heavy atom. The van der Waals surface area contributed by atoms with Gasteiger partial charge in [0.2, 0.25) is 0 Å². The van der Waals surface area contributed by atoms with Gasteiger partial charge < -0.3 is 14.9 Å². The van der Waals surface area contributed by atoms with Crippen LogP contribution >= 0.6 is 23.4 Å². The molecule has 0 amide bonds. The van der Waals surface area contributed by atoms with E-state index >= 15 is 0 Å². The van der Waals surface area contributed by atoms with E-state index in [2.05, 4.69) is 16.0 Å². The molecule has 0 spiro atoms. The molecule has 0 aliphatic carbocycles. The maximum Gasteiger partial charge on any atom is 0.303 e. The predicted octanol–water partition coefficient (Wildman–Crippen LogP) is 6.06. The van der Waals surface area contributed by atoms with Crippen molar-refractivity contribution in [2.24, 2.45) is 5.92 Å². The first kappa shape index (κ1) is 26.7. The van der Waals surface area contributed by atoms with Crippen molar-refractivity contribution in [3.63, 3.8) is 0 Å². The monoisotopic (exact) mass is 528 g/mol. The van der Waals surface area contributed by atoms with Gasteiger partial charge in [0.25, 0.3) is 0 Å². The number of benzene rings is 2. The maximum absolute atomic E-state index is 11.6. The highest BCUT2D eigenvalue weighted by molar-refractivity contribution is 7.99. The number of pyridine rings is 1. The summed E-state index contributed by atoms with van der Waals surface area (Å²) in [6, 6.07) is 15.5. The molecular weight excluding hydrogens is 496 g/mol. The van der Waals surface area contributed by atoms with Crippen LogP contribution < -0.4 is 4.74 Å². The van der Waals surface area contributed by atoms with Crippen LogP contribution in [0.1, 0.15) is 43.8 Å². The summed E-state index contributed by atoms with van der Waals surface area (Å²) in [6.45, 7) is 1.81. The van der Waals surface area contributed by atoms with Gasteiger partial charge in [-0.15, -0.1) is 11.8 Å². The minimum Gasteiger partial charge on any atom is -0.497 e. The third-order valence-electron chi connectivity index (χ3n) is 6.99. The molecule has 192 valence electrons. The number of nitrogens with zero attached hydrogens (tertiary/aromatic N) is 2. The van der Waals surface area contributed by atoms with Crippen molar-refractivity contribution in [2.75, 3.05) is 26.0 Å². The van der Waals surface area contributed by atoms with E-state index < -0.39 is 12.1 Å². The number of hydrogen-bond acceptors (Lipinski definition) is 6. The van der Waals surface area contributed by atoms with Gasteiger partial charge in [-0.25, -0.2) is 0 Å². The van der Waals surface area contributed by atoms with Gasteiger partial charge in [0.15, 0.2) is 0 Å². The van der Waals surface area contributed by atoms with Crippen molar-refractivity contribution in [3.8, 4) is 5.75 Å². The molecule has 2 aromatic carbocycles. The minimum atomic E-state index is -0.757. The fourth-order valence-corrected chi connectivity index (χ4v) is 6.46. The molecule has 0 radical (unpaired) electrons. The number of aliphatic carboxylic acids is 1. The zero-order valence-corrected chi connectivity index (χ0v) is 22.0. The van der Waals surface area contributed by atoms with Crippen molar-refractivity contribution < 1.29 is 19.7 Å². The summed E-state index contributed by atoms with van der Waals surface area (Å²) in [5.41, 5.74) is 1.64. The number of ether oxygens (including phenoxy) is 1. The van der Waals surface area contributed by atoms with Gasteiger partial charge in [0.05, 0.1) is 18.7 Å². The number of carboxylic acid groups (broad SMARTS) is 1. The SMILES string of the molecule is COc1ccc2nccc(C(O)CCC3C(CC(=O)O)CCCN3CCSc3cccc(Cl)c3)c2c1. The molecule has 2 heterocycles. The number of fused-ring (bicyclic) bond motifs is 1. The smallest absolute Gasteiger partial charge is 0.303 e. The number of hydrogen-bond donors (Lipinski definition) is 2. The quantitative estimate of drug-likeness (QED) is 0.293. The summed E-state index contributed by atoms with van der Waals surface area (Å²) in [6.07, 6.45) is 4.39. The van der Waals surface area contributed by atoms with E-state index in [9.17, 15) is 15.0 Å². The first-order valence-electron chi connectivity index (χ1n) is 12.4.